The first kappa shape index (κ1) is 16.5. The van der Waals surface area contributed by atoms with Crippen molar-refractivity contribution in [3.63, 3.8) is 0 Å². The van der Waals surface area contributed by atoms with E-state index in [4.69, 9.17) is 5.11 Å². The maximum atomic E-state index is 12.0. The maximum Gasteiger partial charge on any atom is 0.303 e. The molecule has 0 saturated heterocycles. The Morgan fingerprint density at radius 1 is 1.40 bits per heavy atom. The number of hydrogen-bond acceptors (Lipinski definition) is 3. The Balaban J connectivity index is 2.83. The molecule has 1 rings (SSSR count). The number of aliphatic carboxylic acids is 1. The Bertz CT molecular complexity index is 569. The van der Waals surface area contributed by atoms with Crippen molar-refractivity contribution in [2.75, 3.05) is 11.8 Å². The molecule has 0 spiro atoms. The fourth-order valence-electron chi connectivity index (χ4n) is 1.54. The molecule has 1 aromatic carbocycles. The molecule has 0 atom stereocenters. The van der Waals surface area contributed by atoms with Gasteiger partial charge < -0.3 is 5.11 Å². The number of hydrogen-bond donors (Lipinski definition) is 2. The van der Waals surface area contributed by atoms with Gasteiger partial charge in [0.15, 0.2) is 0 Å². The Morgan fingerprint density at radius 2 is 2.05 bits per heavy atom. The molecule has 7 heteroatoms. The van der Waals surface area contributed by atoms with Crippen LogP contribution in [-0.4, -0.2) is 36.9 Å². The van der Waals surface area contributed by atoms with Crippen LogP contribution in [0.2, 0.25) is 0 Å². The summed E-state index contributed by atoms with van der Waals surface area (Å²) in [5, 5.41) is 8.65. The summed E-state index contributed by atoms with van der Waals surface area (Å²) < 4.78 is 27.8. The van der Waals surface area contributed by atoms with E-state index in [2.05, 4.69) is 4.72 Å². The van der Waals surface area contributed by atoms with Crippen LogP contribution < -0.4 is 4.72 Å². The first-order chi connectivity index (χ1) is 9.22. The first-order valence-corrected chi connectivity index (χ1v) is 7.73. The summed E-state index contributed by atoms with van der Waals surface area (Å²) in [6.07, 6.45) is 0.382. The predicted octanol–water partition coefficient (Wildman–Crippen LogP) is 1.70. The Labute approximate surface area is 119 Å². The lowest BCUT2D eigenvalue weighted by molar-refractivity contribution is -0.136. The van der Waals surface area contributed by atoms with Crippen molar-refractivity contribution in [3.05, 3.63) is 29.8 Å². The zero-order chi connectivity index (χ0) is 15.3. The number of anilines is 1. The highest BCUT2D eigenvalue weighted by atomic mass is 32.2. The number of benzene rings is 1. The van der Waals surface area contributed by atoms with E-state index in [-0.39, 0.29) is 12.5 Å². The number of nitrogens with one attached hydrogen (secondary N) is 1. The molecule has 1 aromatic rings. The van der Waals surface area contributed by atoms with E-state index in [1.54, 1.807) is 38.1 Å². The van der Waals surface area contributed by atoms with Gasteiger partial charge in [0.1, 0.15) is 0 Å². The van der Waals surface area contributed by atoms with E-state index in [9.17, 15) is 13.2 Å². The average molecular weight is 300 g/mol. The smallest absolute Gasteiger partial charge is 0.303 e. The van der Waals surface area contributed by atoms with Gasteiger partial charge in [0.05, 0.1) is 5.69 Å². The Morgan fingerprint density at radius 3 is 2.60 bits per heavy atom. The summed E-state index contributed by atoms with van der Waals surface area (Å²) >= 11 is 0. The Kier molecular flexibility index (Phi) is 5.52. The highest BCUT2D eigenvalue weighted by Crippen LogP contribution is 2.15. The lowest BCUT2D eigenvalue weighted by atomic mass is 10.1. The monoisotopic (exact) mass is 300 g/mol. The number of rotatable bonds is 7. The number of nitrogens with zero attached hydrogens (tertiary/aromatic N) is 1. The summed E-state index contributed by atoms with van der Waals surface area (Å²) in [7, 11) is -2.09. The van der Waals surface area contributed by atoms with Gasteiger partial charge in [0, 0.05) is 19.5 Å². The van der Waals surface area contributed by atoms with Gasteiger partial charge in [-0.1, -0.05) is 12.1 Å². The summed E-state index contributed by atoms with van der Waals surface area (Å²) in [5.41, 5.74) is 1.21. The van der Waals surface area contributed by atoms with Gasteiger partial charge in [0.25, 0.3) is 0 Å². The van der Waals surface area contributed by atoms with E-state index in [1.165, 1.54) is 11.4 Å². The van der Waals surface area contributed by atoms with Gasteiger partial charge in [-0.3, -0.25) is 9.52 Å². The second-order valence-corrected chi connectivity index (χ2v) is 6.54. The Hall–Kier alpha value is -1.60. The third-order valence-electron chi connectivity index (χ3n) is 2.91. The summed E-state index contributed by atoms with van der Waals surface area (Å²) in [5.74, 6) is -0.879. The second-order valence-electron chi connectivity index (χ2n) is 4.81. The van der Waals surface area contributed by atoms with E-state index < -0.39 is 16.2 Å². The average Bonchev–Trinajstić information content (AvgIpc) is 2.35. The zero-order valence-electron chi connectivity index (χ0n) is 11.8. The summed E-state index contributed by atoms with van der Waals surface area (Å²) in [6.45, 7) is 3.56. The molecule has 0 radical (unpaired) electrons. The molecule has 0 amide bonds. The molecule has 20 heavy (non-hydrogen) atoms. The number of carbonyl (C=O) groups is 1. The van der Waals surface area contributed by atoms with Crippen LogP contribution in [0.3, 0.4) is 0 Å². The molecule has 0 bridgehead atoms. The van der Waals surface area contributed by atoms with Crippen LogP contribution in [0.4, 0.5) is 5.69 Å². The van der Waals surface area contributed by atoms with Crippen molar-refractivity contribution < 1.29 is 18.3 Å². The lowest BCUT2D eigenvalue weighted by Gasteiger charge is -2.21. The highest BCUT2D eigenvalue weighted by Gasteiger charge is 2.20. The minimum atomic E-state index is -3.59. The molecule has 0 aromatic heterocycles. The molecule has 0 aliphatic rings. The van der Waals surface area contributed by atoms with Gasteiger partial charge in [0.2, 0.25) is 0 Å². The lowest BCUT2D eigenvalue weighted by Crippen LogP contribution is -2.37. The zero-order valence-corrected chi connectivity index (χ0v) is 12.6. The van der Waals surface area contributed by atoms with Crippen molar-refractivity contribution in [1.82, 2.24) is 4.31 Å². The molecule has 0 saturated carbocycles. The van der Waals surface area contributed by atoms with Crippen molar-refractivity contribution >= 4 is 21.9 Å². The van der Waals surface area contributed by atoms with Crippen molar-refractivity contribution in [2.45, 2.75) is 32.7 Å². The molecule has 0 heterocycles. The molecule has 2 N–H and O–H groups in total. The molecule has 0 unspecified atom stereocenters. The fourth-order valence-corrected chi connectivity index (χ4v) is 2.66. The molecule has 6 nitrogen and oxygen atoms in total. The van der Waals surface area contributed by atoms with E-state index >= 15 is 0 Å². The first-order valence-electron chi connectivity index (χ1n) is 6.29. The molecule has 0 aliphatic heterocycles. The van der Waals surface area contributed by atoms with Gasteiger partial charge in [-0.15, -0.1) is 0 Å². The standard InChI is InChI=1S/C13H20N2O4S/c1-10(2)15(3)20(18,19)14-12-6-4-5-11(9-12)7-8-13(16)17/h4-6,9-10,14H,7-8H2,1-3H3,(H,16,17). The topological polar surface area (TPSA) is 86.7 Å². The van der Waals surface area contributed by atoms with Crippen molar-refractivity contribution in [1.29, 1.82) is 0 Å². The van der Waals surface area contributed by atoms with Crippen molar-refractivity contribution in [2.24, 2.45) is 0 Å². The third-order valence-corrected chi connectivity index (χ3v) is 4.58. The van der Waals surface area contributed by atoms with E-state index in [0.717, 1.165) is 5.56 Å². The van der Waals surface area contributed by atoms with Crippen LogP contribution in [0.1, 0.15) is 25.8 Å². The summed E-state index contributed by atoms with van der Waals surface area (Å²) in [4.78, 5) is 10.5. The van der Waals surface area contributed by atoms with Gasteiger partial charge in [-0.05, 0) is 38.0 Å². The van der Waals surface area contributed by atoms with Crippen LogP contribution in [0.15, 0.2) is 24.3 Å². The van der Waals surface area contributed by atoms with Crippen LogP contribution in [0, 0.1) is 0 Å². The maximum absolute atomic E-state index is 12.0. The molecule has 0 fully saturated rings. The largest absolute Gasteiger partial charge is 0.481 e. The number of carboxylic acids is 1. The number of carboxylic acid groups (broad SMARTS) is 1. The van der Waals surface area contributed by atoms with Crippen LogP contribution >= 0.6 is 0 Å². The van der Waals surface area contributed by atoms with E-state index in [1.807, 2.05) is 0 Å². The quantitative estimate of drug-likeness (QED) is 0.802. The van der Waals surface area contributed by atoms with Crippen LogP contribution in [0.25, 0.3) is 0 Å². The molecular weight excluding hydrogens is 280 g/mol. The summed E-state index contributed by atoms with van der Waals surface area (Å²) in [6, 6.07) is 6.60. The number of aryl methyl sites for hydroxylation is 1. The van der Waals surface area contributed by atoms with Gasteiger partial charge in [-0.2, -0.15) is 12.7 Å². The minimum Gasteiger partial charge on any atom is -0.481 e. The molecule has 0 aliphatic carbocycles. The SMILES string of the molecule is CC(C)N(C)S(=O)(=O)Nc1cccc(CCC(=O)O)c1. The normalized spacial score (nSPS) is 11.8. The minimum absolute atomic E-state index is 0.0160. The molecular formula is C13H20N2O4S. The third kappa shape index (κ3) is 4.82. The fraction of sp³-hybridized carbons (Fsp3) is 0.462. The highest BCUT2D eigenvalue weighted by molar-refractivity contribution is 7.90. The second kappa shape index (κ2) is 6.71. The van der Waals surface area contributed by atoms with Crippen LogP contribution in [0.5, 0.6) is 0 Å². The van der Waals surface area contributed by atoms with Gasteiger partial charge >= 0.3 is 16.2 Å². The van der Waals surface area contributed by atoms with Crippen molar-refractivity contribution in [3.8, 4) is 0 Å². The predicted molar refractivity (Wildman–Crippen MR) is 77.8 cm³/mol. The van der Waals surface area contributed by atoms with Crippen LogP contribution in [-0.2, 0) is 21.4 Å². The van der Waals surface area contributed by atoms with Gasteiger partial charge in [-0.25, -0.2) is 0 Å². The molecule has 112 valence electrons. The van der Waals surface area contributed by atoms with E-state index in [0.29, 0.717) is 12.1 Å².